The lowest BCUT2D eigenvalue weighted by Crippen LogP contribution is -2.31. The van der Waals surface area contributed by atoms with Crippen LogP contribution in [0.5, 0.6) is 17.2 Å². The zero-order chi connectivity index (χ0) is 21.8. The summed E-state index contributed by atoms with van der Waals surface area (Å²) in [5, 5.41) is 9.24. The van der Waals surface area contributed by atoms with Crippen LogP contribution in [-0.4, -0.2) is 30.8 Å². The van der Waals surface area contributed by atoms with Gasteiger partial charge in [-0.05, 0) is 60.9 Å². The third-order valence-electron chi connectivity index (χ3n) is 5.51. The summed E-state index contributed by atoms with van der Waals surface area (Å²) in [4.78, 5) is 13.4. The van der Waals surface area contributed by atoms with Gasteiger partial charge in [0.05, 0.1) is 19.2 Å². The summed E-state index contributed by atoms with van der Waals surface area (Å²) in [7, 11) is 1.55. The minimum absolute atomic E-state index is 0.0561. The zero-order valence-corrected chi connectivity index (χ0v) is 17.3. The van der Waals surface area contributed by atoms with Crippen molar-refractivity contribution in [3.63, 3.8) is 0 Å². The topological polar surface area (TPSA) is 59.0 Å². The van der Waals surface area contributed by atoms with Crippen LogP contribution in [0.15, 0.2) is 66.7 Å². The number of carbonyl (C=O) groups is 1. The predicted octanol–water partition coefficient (Wildman–Crippen LogP) is 5.74. The lowest BCUT2D eigenvalue weighted by Gasteiger charge is -2.27. The number of benzene rings is 3. The second kappa shape index (κ2) is 9.08. The highest BCUT2D eigenvalue weighted by Gasteiger charge is 2.28. The number of aliphatic carboxylic acids is 1. The number of hydrogen-bond donors (Lipinski definition) is 1. The van der Waals surface area contributed by atoms with Crippen molar-refractivity contribution in [3.8, 4) is 28.4 Å². The summed E-state index contributed by atoms with van der Waals surface area (Å²) in [6, 6.07) is 19.4. The first-order chi connectivity index (χ1) is 15.0. The smallest absolute Gasteiger partial charge is 0.305 e. The van der Waals surface area contributed by atoms with E-state index in [4.69, 9.17) is 9.47 Å². The number of halogens is 1. The molecular weight excluding hydrogens is 397 g/mol. The average Bonchev–Trinajstić information content (AvgIpc) is 3.22. The van der Waals surface area contributed by atoms with Crippen molar-refractivity contribution in [2.75, 3.05) is 18.6 Å². The van der Waals surface area contributed by atoms with Gasteiger partial charge in [0.1, 0.15) is 17.3 Å². The molecule has 5 nitrogen and oxygen atoms in total. The molecule has 0 radical (unpaired) electrons. The number of hydrogen-bond acceptors (Lipinski definition) is 4. The predicted molar refractivity (Wildman–Crippen MR) is 118 cm³/mol. The standard InChI is InChI=1S/C25H24FNO4/c1-30-19-11-12-22(26)21(16-19)17-6-4-8-20(14-17)31-24-10-3-2-9-23(24)27-13-5-7-18(27)15-25(28)29/h2-4,6,8-12,14,16,18H,5,7,13,15H2,1H3,(H,28,29). The van der Waals surface area contributed by atoms with Crippen molar-refractivity contribution in [1.82, 2.24) is 0 Å². The van der Waals surface area contributed by atoms with Crippen molar-refractivity contribution in [2.45, 2.75) is 25.3 Å². The van der Waals surface area contributed by atoms with E-state index in [1.165, 1.54) is 6.07 Å². The van der Waals surface area contributed by atoms with Crippen LogP contribution in [0.3, 0.4) is 0 Å². The van der Waals surface area contributed by atoms with Crippen LogP contribution < -0.4 is 14.4 Å². The van der Waals surface area contributed by atoms with Gasteiger partial charge >= 0.3 is 5.97 Å². The third-order valence-corrected chi connectivity index (χ3v) is 5.51. The molecule has 0 amide bonds. The van der Waals surface area contributed by atoms with Crippen molar-refractivity contribution in [1.29, 1.82) is 0 Å². The molecule has 0 spiro atoms. The molecule has 0 aromatic heterocycles. The lowest BCUT2D eigenvalue weighted by atomic mass is 10.0. The molecule has 0 aliphatic carbocycles. The van der Waals surface area contributed by atoms with Gasteiger partial charge in [-0.3, -0.25) is 4.79 Å². The van der Waals surface area contributed by atoms with Crippen LogP contribution in [0.1, 0.15) is 19.3 Å². The highest BCUT2D eigenvalue weighted by Crippen LogP contribution is 2.38. The van der Waals surface area contributed by atoms with E-state index in [0.29, 0.717) is 28.4 Å². The summed E-state index contributed by atoms with van der Waals surface area (Å²) in [6.45, 7) is 0.785. The molecule has 1 fully saturated rings. The van der Waals surface area contributed by atoms with Gasteiger partial charge in [0.25, 0.3) is 0 Å². The molecule has 4 rings (SSSR count). The van der Waals surface area contributed by atoms with Gasteiger partial charge in [0.15, 0.2) is 5.75 Å². The Bertz CT molecular complexity index is 1080. The van der Waals surface area contributed by atoms with Crippen LogP contribution in [0, 0.1) is 5.82 Å². The van der Waals surface area contributed by atoms with Gasteiger partial charge in [-0.1, -0.05) is 24.3 Å². The first-order valence-electron chi connectivity index (χ1n) is 10.2. The number of nitrogens with zero attached hydrogens (tertiary/aromatic N) is 1. The maximum absolute atomic E-state index is 14.4. The molecule has 1 heterocycles. The second-order valence-corrected chi connectivity index (χ2v) is 7.53. The van der Waals surface area contributed by atoms with Gasteiger partial charge in [0.2, 0.25) is 0 Å². The lowest BCUT2D eigenvalue weighted by molar-refractivity contribution is -0.137. The van der Waals surface area contributed by atoms with Crippen LogP contribution in [0.25, 0.3) is 11.1 Å². The van der Waals surface area contributed by atoms with E-state index in [1.54, 1.807) is 25.3 Å². The first kappa shape index (κ1) is 20.7. The van der Waals surface area contributed by atoms with Crippen molar-refractivity contribution in [2.24, 2.45) is 0 Å². The van der Waals surface area contributed by atoms with Gasteiger partial charge in [-0.25, -0.2) is 4.39 Å². The normalized spacial score (nSPS) is 15.7. The molecule has 1 saturated heterocycles. The first-order valence-corrected chi connectivity index (χ1v) is 10.2. The van der Waals surface area contributed by atoms with Crippen LogP contribution in [0.4, 0.5) is 10.1 Å². The molecular formula is C25H24FNO4. The van der Waals surface area contributed by atoms with Crippen molar-refractivity contribution < 1.29 is 23.8 Å². The van der Waals surface area contributed by atoms with E-state index in [-0.39, 0.29) is 18.3 Å². The van der Waals surface area contributed by atoms with Gasteiger partial charge < -0.3 is 19.5 Å². The fourth-order valence-electron chi connectivity index (χ4n) is 4.05. The molecule has 3 aromatic rings. The summed E-state index contributed by atoms with van der Waals surface area (Å²) in [6.07, 6.45) is 1.88. The molecule has 160 valence electrons. The Balaban J connectivity index is 1.63. The van der Waals surface area contributed by atoms with E-state index in [9.17, 15) is 14.3 Å². The van der Waals surface area contributed by atoms with Crippen molar-refractivity contribution in [3.05, 3.63) is 72.5 Å². The van der Waals surface area contributed by atoms with Gasteiger partial charge in [-0.2, -0.15) is 0 Å². The second-order valence-electron chi connectivity index (χ2n) is 7.53. The van der Waals surface area contributed by atoms with Crippen LogP contribution in [0.2, 0.25) is 0 Å². The monoisotopic (exact) mass is 421 g/mol. The zero-order valence-electron chi connectivity index (χ0n) is 17.3. The van der Waals surface area contributed by atoms with Crippen LogP contribution >= 0.6 is 0 Å². The molecule has 6 heteroatoms. The average molecular weight is 421 g/mol. The Kier molecular flexibility index (Phi) is 6.07. The maximum Gasteiger partial charge on any atom is 0.305 e. The summed E-state index contributed by atoms with van der Waals surface area (Å²) in [5.41, 5.74) is 1.97. The summed E-state index contributed by atoms with van der Waals surface area (Å²) in [5.74, 6) is 0.644. The number of methoxy groups -OCH3 is 1. The largest absolute Gasteiger partial charge is 0.497 e. The van der Waals surface area contributed by atoms with E-state index < -0.39 is 5.97 Å². The van der Waals surface area contributed by atoms with E-state index in [0.717, 1.165) is 25.1 Å². The maximum atomic E-state index is 14.4. The number of carboxylic acid groups (broad SMARTS) is 1. The molecule has 1 aliphatic heterocycles. The number of para-hydroxylation sites is 2. The minimum atomic E-state index is -0.802. The Hall–Kier alpha value is -3.54. The fraction of sp³-hybridized carbons (Fsp3) is 0.240. The Morgan fingerprint density at radius 1 is 1.10 bits per heavy atom. The SMILES string of the molecule is COc1ccc(F)c(-c2cccc(Oc3ccccc3N3CCCC3CC(=O)O)c2)c1. The van der Waals surface area contributed by atoms with E-state index >= 15 is 0 Å². The number of ether oxygens (including phenoxy) is 2. The molecule has 1 aliphatic rings. The molecule has 1 N–H and O–H groups in total. The van der Waals surface area contributed by atoms with E-state index in [2.05, 4.69) is 4.90 Å². The fourth-order valence-corrected chi connectivity index (χ4v) is 4.05. The number of anilines is 1. The Labute approximate surface area is 180 Å². The van der Waals surface area contributed by atoms with Crippen LogP contribution in [-0.2, 0) is 4.79 Å². The third kappa shape index (κ3) is 4.63. The Morgan fingerprint density at radius 2 is 1.94 bits per heavy atom. The molecule has 0 saturated carbocycles. The molecule has 1 atom stereocenters. The summed E-state index contributed by atoms with van der Waals surface area (Å²) >= 11 is 0. The van der Waals surface area contributed by atoms with E-state index in [1.807, 2.05) is 42.5 Å². The Morgan fingerprint density at radius 3 is 2.74 bits per heavy atom. The molecule has 0 bridgehead atoms. The minimum Gasteiger partial charge on any atom is -0.497 e. The van der Waals surface area contributed by atoms with Gasteiger partial charge in [0, 0.05) is 18.2 Å². The number of rotatable bonds is 7. The van der Waals surface area contributed by atoms with Gasteiger partial charge in [-0.15, -0.1) is 0 Å². The molecule has 1 unspecified atom stereocenters. The highest BCUT2D eigenvalue weighted by atomic mass is 19.1. The summed E-state index contributed by atoms with van der Waals surface area (Å²) < 4.78 is 25.8. The van der Waals surface area contributed by atoms with Crippen molar-refractivity contribution >= 4 is 11.7 Å². The highest BCUT2D eigenvalue weighted by molar-refractivity contribution is 5.70. The quantitative estimate of drug-likeness (QED) is 0.527. The molecule has 3 aromatic carbocycles. The molecule has 31 heavy (non-hydrogen) atoms. The number of carboxylic acids is 1.